The molecule has 3 rings (SSSR count). The summed E-state index contributed by atoms with van der Waals surface area (Å²) in [4.78, 5) is 47.0. The van der Waals surface area contributed by atoms with Crippen LogP contribution in [0.3, 0.4) is 0 Å². The summed E-state index contributed by atoms with van der Waals surface area (Å²) in [5.41, 5.74) is 9.47. The molecule has 0 aliphatic carbocycles. The molecule has 184 valence electrons. The number of rotatable bonds is 8. The normalized spacial score (nSPS) is 11.7. The second kappa shape index (κ2) is 9.82. The third kappa shape index (κ3) is 5.05. The Balaban J connectivity index is 1.97. The van der Waals surface area contributed by atoms with Crippen molar-refractivity contribution in [1.29, 1.82) is 0 Å². The van der Waals surface area contributed by atoms with E-state index in [0.717, 1.165) is 28.3 Å². The summed E-state index contributed by atoms with van der Waals surface area (Å²) in [6.07, 6.45) is 0.598. The van der Waals surface area contributed by atoms with Gasteiger partial charge in [0, 0.05) is 37.0 Å². The Hall–Kier alpha value is -3.43. The number of carbonyl (C=O) groups is 1. The van der Waals surface area contributed by atoms with E-state index >= 15 is 0 Å². The minimum Gasteiger partial charge on any atom is -0.383 e. The minimum atomic E-state index is -0.654. The monoisotopic (exact) mass is 469 g/mol. The number of fused-ring (bicyclic) bond motifs is 1. The molecular weight excluding hydrogens is 434 g/mol. The number of nitrogens with one attached hydrogen (secondary N) is 1. The number of hydrogen-bond donors (Lipinski definition) is 2. The highest BCUT2D eigenvalue weighted by Gasteiger charge is 2.25. The summed E-state index contributed by atoms with van der Waals surface area (Å²) < 4.78 is 3.12. The van der Waals surface area contributed by atoms with E-state index in [1.807, 2.05) is 54.5 Å². The number of amides is 1. The minimum absolute atomic E-state index is 0.0129. The molecule has 34 heavy (non-hydrogen) atoms. The molecule has 3 heterocycles. The summed E-state index contributed by atoms with van der Waals surface area (Å²) >= 11 is 0. The molecular formula is C24H35N7O3. The largest absolute Gasteiger partial charge is 0.383 e. The van der Waals surface area contributed by atoms with Gasteiger partial charge in [0.1, 0.15) is 5.82 Å². The van der Waals surface area contributed by atoms with Crippen LogP contribution in [0.25, 0.3) is 5.65 Å². The van der Waals surface area contributed by atoms with Gasteiger partial charge in [-0.25, -0.2) is 14.3 Å². The lowest BCUT2D eigenvalue weighted by molar-refractivity contribution is -0.118. The van der Waals surface area contributed by atoms with Gasteiger partial charge in [0.05, 0.1) is 5.69 Å². The molecule has 0 aliphatic heterocycles. The van der Waals surface area contributed by atoms with Gasteiger partial charge in [-0.3, -0.25) is 19.1 Å². The molecule has 0 spiro atoms. The van der Waals surface area contributed by atoms with Gasteiger partial charge >= 0.3 is 5.69 Å². The van der Waals surface area contributed by atoms with Gasteiger partial charge in [0.15, 0.2) is 11.3 Å². The maximum Gasteiger partial charge on any atom is 0.330 e. The highest BCUT2D eigenvalue weighted by Crippen LogP contribution is 2.22. The molecule has 3 aromatic heterocycles. The third-order valence-electron chi connectivity index (χ3n) is 5.76. The van der Waals surface area contributed by atoms with Crippen LogP contribution in [0, 0.1) is 32.6 Å². The molecule has 0 aromatic carbocycles. The number of nitrogens with two attached hydrogens (primary N) is 1. The SMILES string of the molecule is Cc1cc2nc(C)c(CCC(=O)N(CC(C)C)c3c(N)n(CC(C)C)c(=O)[nH]c3=O)c(C)n2n1. The molecule has 0 fully saturated rings. The van der Waals surface area contributed by atoms with Crippen LogP contribution >= 0.6 is 0 Å². The van der Waals surface area contributed by atoms with Gasteiger partial charge in [0.2, 0.25) is 5.91 Å². The number of aromatic nitrogens is 5. The second-order valence-corrected chi connectivity index (χ2v) is 9.71. The fourth-order valence-corrected chi connectivity index (χ4v) is 4.24. The predicted molar refractivity (Wildman–Crippen MR) is 133 cm³/mol. The van der Waals surface area contributed by atoms with Crippen molar-refractivity contribution in [2.24, 2.45) is 11.8 Å². The fraction of sp³-hybridized carbons (Fsp3) is 0.542. The predicted octanol–water partition coefficient (Wildman–Crippen LogP) is 2.36. The van der Waals surface area contributed by atoms with Crippen LogP contribution in [-0.4, -0.2) is 36.6 Å². The Morgan fingerprint density at radius 1 is 1.15 bits per heavy atom. The van der Waals surface area contributed by atoms with Crippen molar-refractivity contribution >= 4 is 23.1 Å². The molecule has 3 N–H and O–H groups in total. The number of nitrogen functional groups attached to an aromatic ring is 1. The average molecular weight is 470 g/mol. The summed E-state index contributed by atoms with van der Waals surface area (Å²) in [5, 5.41) is 4.49. The van der Waals surface area contributed by atoms with Crippen molar-refractivity contribution in [1.82, 2.24) is 24.1 Å². The Bertz CT molecular complexity index is 1330. The highest BCUT2D eigenvalue weighted by atomic mass is 16.2. The second-order valence-electron chi connectivity index (χ2n) is 9.71. The zero-order valence-corrected chi connectivity index (χ0v) is 21.1. The molecule has 1 amide bonds. The van der Waals surface area contributed by atoms with Crippen LogP contribution < -0.4 is 21.9 Å². The van der Waals surface area contributed by atoms with Crippen LogP contribution in [0.5, 0.6) is 0 Å². The van der Waals surface area contributed by atoms with Crippen LogP contribution in [0.1, 0.15) is 56.8 Å². The van der Waals surface area contributed by atoms with E-state index in [4.69, 9.17) is 5.73 Å². The molecule has 0 unspecified atom stereocenters. The van der Waals surface area contributed by atoms with Crippen molar-refractivity contribution in [3.05, 3.63) is 49.5 Å². The van der Waals surface area contributed by atoms with Crippen molar-refractivity contribution in [3.63, 3.8) is 0 Å². The Morgan fingerprint density at radius 2 is 1.82 bits per heavy atom. The molecule has 10 nitrogen and oxygen atoms in total. The zero-order chi connectivity index (χ0) is 25.3. The third-order valence-corrected chi connectivity index (χ3v) is 5.76. The molecule has 0 saturated carbocycles. The van der Waals surface area contributed by atoms with Crippen LogP contribution in [0.15, 0.2) is 15.7 Å². The molecule has 0 atom stereocenters. The summed E-state index contributed by atoms with van der Waals surface area (Å²) in [6.45, 7) is 14.3. The number of hydrogen-bond acceptors (Lipinski definition) is 6. The first-order valence-corrected chi connectivity index (χ1v) is 11.7. The maximum absolute atomic E-state index is 13.5. The van der Waals surface area contributed by atoms with Crippen molar-refractivity contribution < 1.29 is 4.79 Å². The number of carbonyl (C=O) groups excluding carboxylic acids is 1. The number of H-pyrrole nitrogens is 1. The van der Waals surface area contributed by atoms with Crippen molar-refractivity contribution in [3.8, 4) is 0 Å². The Morgan fingerprint density at radius 3 is 2.44 bits per heavy atom. The van der Waals surface area contributed by atoms with Gasteiger partial charge < -0.3 is 10.6 Å². The van der Waals surface area contributed by atoms with E-state index in [1.165, 1.54) is 9.47 Å². The summed E-state index contributed by atoms with van der Waals surface area (Å²) in [5.74, 6) is -0.0100. The van der Waals surface area contributed by atoms with Gasteiger partial charge in [-0.2, -0.15) is 5.10 Å². The maximum atomic E-state index is 13.5. The smallest absolute Gasteiger partial charge is 0.330 e. The highest BCUT2D eigenvalue weighted by molar-refractivity contribution is 5.95. The quantitative estimate of drug-likeness (QED) is 0.521. The molecule has 0 bridgehead atoms. The lowest BCUT2D eigenvalue weighted by Crippen LogP contribution is -2.43. The van der Waals surface area contributed by atoms with Gasteiger partial charge in [-0.15, -0.1) is 0 Å². The lowest BCUT2D eigenvalue weighted by Gasteiger charge is -2.26. The number of aromatic amines is 1. The standard InChI is InChI=1S/C24H35N7O3/c1-13(2)11-29(21-22(25)30(12-14(3)4)24(34)27-23(21)33)20(32)9-8-18-16(6)26-19-10-15(5)28-31(19)17(18)7/h10,13-14H,8-9,11-12,25H2,1-7H3,(H,27,33,34). The van der Waals surface area contributed by atoms with E-state index in [2.05, 4.69) is 15.1 Å². The summed E-state index contributed by atoms with van der Waals surface area (Å²) in [7, 11) is 0. The fourth-order valence-electron chi connectivity index (χ4n) is 4.24. The number of nitrogens with zero attached hydrogens (tertiary/aromatic N) is 5. The van der Waals surface area contributed by atoms with E-state index in [-0.39, 0.29) is 35.7 Å². The topological polar surface area (TPSA) is 131 Å². The average Bonchev–Trinajstić information content (AvgIpc) is 3.09. The molecule has 0 radical (unpaired) electrons. The van der Waals surface area contributed by atoms with Crippen LogP contribution in [0.2, 0.25) is 0 Å². The number of anilines is 2. The molecule has 0 aliphatic rings. The molecule has 3 aromatic rings. The Labute approximate surface area is 198 Å². The van der Waals surface area contributed by atoms with Crippen molar-refractivity contribution in [2.45, 2.75) is 67.9 Å². The van der Waals surface area contributed by atoms with E-state index in [1.54, 1.807) is 4.52 Å². The van der Waals surface area contributed by atoms with Gasteiger partial charge in [-0.05, 0) is 44.6 Å². The van der Waals surface area contributed by atoms with E-state index < -0.39 is 11.2 Å². The first-order valence-electron chi connectivity index (χ1n) is 11.7. The number of aryl methyl sites for hydroxylation is 3. The summed E-state index contributed by atoms with van der Waals surface area (Å²) in [6, 6.07) is 1.92. The molecule has 0 saturated heterocycles. The van der Waals surface area contributed by atoms with Gasteiger partial charge in [0.25, 0.3) is 5.56 Å². The van der Waals surface area contributed by atoms with Crippen molar-refractivity contribution in [2.75, 3.05) is 17.2 Å². The van der Waals surface area contributed by atoms with Crippen LogP contribution in [0.4, 0.5) is 11.5 Å². The van der Waals surface area contributed by atoms with E-state index in [0.29, 0.717) is 19.5 Å². The Kier molecular flexibility index (Phi) is 7.28. The van der Waals surface area contributed by atoms with Crippen LogP contribution in [-0.2, 0) is 17.8 Å². The van der Waals surface area contributed by atoms with E-state index in [9.17, 15) is 14.4 Å². The van der Waals surface area contributed by atoms with Gasteiger partial charge in [-0.1, -0.05) is 27.7 Å². The lowest BCUT2D eigenvalue weighted by atomic mass is 10.1. The first kappa shape index (κ1) is 25.2. The first-order chi connectivity index (χ1) is 15.9. The zero-order valence-electron chi connectivity index (χ0n) is 21.1. The molecule has 10 heteroatoms.